The lowest BCUT2D eigenvalue weighted by Crippen LogP contribution is -2.43. The van der Waals surface area contributed by atoms with E-state index in [-0.39, 0.29) is 11.5 Å². The molecule has 0 unspecified atom stereocenters. The van der Waals surface area contributed by atoms with E-state index in [0.29, 0.717) is 0 Å². The lowest BCUT2D eigenvalue weighted by atomic mass is 9.83. The van der Waals surface area contributed by atoms with E-state index in [2.05, 4.69) is 57.6 Å². The first-order valence-electron chi connectivity index (χ1n) is 6.67. The summed E-state index contributed by atoms with van der Waals surface area (Å²) in [5.41, 5.74) is 2.57. The lowest BCUT2D eigenvalue weighted by molar-refractivity contribution is 0.207. The van der Waals surface area contributed by atoms with Gasteiger partial charge in [-0.3, -0.25) is 10.0 Å². The van der Waals surface area contributed by atoms with Gasteiger partial charge in [-0.15, -0.1) is 0 Å². The second-order valence-corrected chi connectivity index (χ2v) is 6.30. The maximum Gasteiger partial charge on any atom is 0.0940 e. The second kappa shape index (κ2) is 5.68. The molecule has 0 aromatic heterocycles. The maximum atomic E-state index is 4.35. The molecule has 3 heteroatoms. The zero-order chi connectivity index (χ0) is 13.9. The summed E-state index contributed by atoms with van der Waals surface area (Å²) in [7, 11) is 1.84. The minimum Gasteiger partial charge on any atom is -0.295 e. The monoisotopic (exact) mass is 249 g/mol. The minimum atomic E-state index is 0.0745. The number of rotatable bonds is 5. The fourth-order valence-electron chi connectivity index (χ4n) is 2.39. The van der Waals surface area contributed by atoms with Crippen LogP contribution in [0.2, 0.25) is 0 Å². The molecule has 0 aromatic carbocycles. The molecule has 1 saturated carbocycles. The van der Waals surface area contributed by atoms with Crippen molar-refractivity contribution >= 4 is 12.4 Å². The molecule has 0 N–H and O–H groups in total. The van der Waals surface area contributed by atoms with Crippen LogP contribution in [0.1, 0.15) is 47.5 Å². The average Bonchev–Trinajstić information content (AvgIpc) is 3.09. The standard InChI is InChI=1S/C15H27N3/c1-11(13-8-9-13)10-18(17-7)14(12(2)16-6)15(3,4)5/h10,13-14H,7-9H2,1-6H3/b11-10+,16-12?/t14-/m1/s1. The summed E-state index contributed by atoms with van der Waals surface area (Å²) >= 11 is 0. The Kier molecular flexibility index (Phi) is 4.71. The number of aliphatic imine (C=N–C) groups is 1. The summed E-state index contributed by atoms with van der Waals surface area (Å²) in [5, 5.41) is 6.18. The SMILES string of the molecule is C=NN(/C=C(\C)C1CC1)[C@H](C(C)=NC)C(C)(C)C. The largest absolute Gasteiger partial charge is 0.295 e. The smallest absolute Gasteiger partial charge is 0.0940 e. The molecule has 0 spiro atoms. The Morgan fingerprint density at radius 2 is 1.89 bits per heavy atom. The van der Waals surface area contributed by atoms with Crippen LogP contribution in [-0.2, 0) is 0 Å². The zero-order valence-electron chi connectivity index (χ0n) is 12.7. The molecular weight excluding hydrogens is 222 g/mol. The van der Waals surface area contributed by atoms with Crippen molar-refractivity contribution in [3.63, 3.8) is 0 Å². The van der Waals surface area contributed by atoms with Gasteiger partial charge in [0.2, 0.25) is 0 Å². The Morgan fingerprint density at radius 1 is 1.33 bits per heavy atom. The van der Waals surface area contributed by atoms with Crippen LogP contribution in [-0.4, -0.2) is 30.5 Å². The van der Waals surface area contributed by atoms with Crippen LogP contribution < -0.4 is 0 Å². The lowest BCUT2D eigenvalue weighted by Gasteiger charge is -2.36. The maximum absolute atomic E-state index is 4.35. The molecule has 18 heavy (non-hydrogen) atoms. The molecular formula is C15H27N3. The predicted molar refractivity (Wildman–Crippen MR) is 80.1 cm³/mol. The molecule has 1 aliphatic carbocycles. The molecule has 0 aromatic rings. The van der Waals surface area contributed by atoms with Gasteiger partial charge >= 0.3 is 0 Å². The Balaban J connectivity index is 3.00. The zero-order valence-corrected chi connectivity index (χ0v) is 12.7. The van der Waals surface area contributed by atoms with Crippen LogP contribution in [0, 0.1) is 11.3 Å². The molecule has 0 heterocycles. The van der Waals surface area contributed by atoms with E-state index in [9.17, 15) is 0 Å². The van der Waals surface area contributed by atoms with Gasteiger partial charge in [-0.25, -0.2) is 0 Å². The van der Waals surface area contributed by atoms with Crippen molar-refractivity contribution in [3.05, 3.63) is 11.8 Å². The van der Waals surface area contributed by atoms with Crippen molar-refractivity contribution < 1.29 is 0 Å². The van der Waals surface area contributed by atoms with Crippen molar-refractivity contribution in [2.45, 2.75) is 53.5 Å². The highest BCUT2D eigenvalue weighted by molar-refractivity contribution is 5.88. The predicted octanol–water partition coefficient (Wildman–Crippen LogP) is 3.72. The van der Waals surface area contributed by atoms with E-state index in [1.165, 1.54) is 18.4 Å². The summed E-state index contributed by atoms with van der Waals surface area (Å²) in [6, 6.07) is 0.161. The van der Waals surface area contributed by atoms with E-state index in [1.54, 1.807) is 0 Å². The van der Waals surface area contributed by atoms with E-state index in [1.807, 2.05) is 12.1 Å². The van der Waals surface area contributed by atoms with Gasteiger partial charge in [0.1, 0.15) is 0 Å². The number of hydrazone groups is 1. The molecule has 0 aliphatic heterocycles. The molecule has 0 radical (unpaired) electrons. The topological polar surface area (TPSA) is 28.0 Å². The van der Waals surface area contributed by atoms with Crippen LogP contribution in [0.25, 0.3) is 0 Å². The van der Waals surface area contributed by atoms with Crippen LogP contribution in [0.5, 0.6) is 0 Å². The summed E-state index contributed by atoms with van der Waals surface area (Å²) < 4.78 is 0. The molecule has 0 amide bonds. The van der Waals surface area contributed by atoms with Gasteiger partial charge in [-0.1, -0.05) is 26.3 Å². The van der Waals surface area contributed by atoms with Crippen LogP contribution in [0.4, 0.5) is 0 Å². The highest BCUT2D eigenvalue weighted by atomic mass is 15.5. The fraction of sp³-hybridized carbons (Fsp3) is 0.733. The first-order chi connectivity index (χ1) is 8.31. The molecule has 3 nitrogen and oxygen atoms in total. The van der Waals surface area contributed by atoms with Gasteiger partial charge in [0.05, 0.1) is 6.04 Å². The van der Waals surface area contributed by atoms with Crippen LogP contribution in [0.15, 0.2) is 21.9 Å². The molecule has 1 fully saturated rings. The molecule has 1 aliphatic rings. The molecule has 1 rings (SSSR count). The van der Waals surface area contributed by atoms with E-state index in [0.717, 1.165) is 11.6 Å². The highest BCUT2D eigenvalue weighted by Gasteiger charge is 2.32. The Morgan fingerprint density at radius 3 is 2.22 bits per heavy atom. The van der Waals surface area contributed by atoms with Crippen molar-refractivity contribution in [3.8, 4) is 0 Å². The third kappa shape index (κ3) is 3.69. The normalized spacial score (nSPS) is 19.7. The van der Waals surface area contributed by atoms with Gasteiger partial charge in [-0.2, -0.15) is 5.10 Å². The van der Waals surface area contributed by atoms with Crippen molar-refractivity contribution in [2.75, 3.05) is 7.05 Å². The molecule has 0 bridgehead atoms. The van der Waals surface area contributed by atoms with Crippen molar-refractivity contribution in [1.29, 1.82) is 0 Å². The average molecular weight is 249 g/mol. The number of hydrogen-bond donors (Lipinski definition) is 0. The Hall–Kier alpha value is -1.12. The quantitative estimate of drug-likeness (QED) is 0.539. The third-order valence-corrected chi connectivity index (χ3v) is 3.55. The first kappa shape index (κ1) is 14.9. The summed E-state index contributed by atoms with van der Waals surface area (Å²) in [6.45, 7) is 14.6. The van der Waals surface area contributed by atoms with Gasteiger partial charge < -0.3 is 0 Å². The van der Waals surface area contributed by atoms with Gasteiger partial charge in [0.25, 0.3) is 0 Å². The van der Waals surface area contributed by atoms with E-state index in [4.69, 9.17) is 0 Å². The summed E-state index contributed by atoms with van der Waals surface area (Å²) in [4.78, 5) is 4.35. The minimum absolute atomic E-state index is 0.0745. The molecule has 0 saturated heterocycles. The van der Waals surface area contributed by atoms with E-state index < -0.39 is 0 Å². The molecule has 1 atom stereocenters. The second-order valence-electron chi connectivity index (χ2n) is 6.30. The number of allylic oxidation sites excluding steroid dienone is 1. The Labute approximate surface area is 112 Å². The third-order valence-electron chi connectivity index (χ3n) is 3.55. The van der Waals surface area contributed by atoms with E-state index >= 15 is 0 Å². The van der Waals surface area contributed by atoms with Gasteiger partial charge in [0, 0.05) is 25.7 Å². The number of nitrogens with zero attached hydrogens (tertiary/aromatic N) is 3. The first-order valence-corrected chi connectivity index (χ1v) is 6.67. The van der Waals surface area contributed by atoms with Crippen molar-refractivity contribution in [1.82, 2.24) is 5.01 Å². The fourth-order valence-corrected chi connectivity index (χ4v) is 2.39. The number of hydrogen-bond acceptors (Lipinski definition) is 3. The summed E-state index contributed by atoms with van der Waals surface area (Å²) in [6.07, 6.45) is 4.78. The summed E-state index contributed by atoms with van der Waals surface area (Å²) in [5.74, 6) is 0.758. The Bertz CT molecular complexity index is 356. The van der Waals surface area contributed by atoms with Crippen molar-refractivity contribution in [2.24, 2.45) is 21.4 Å². The molecule has 102 valence electrons. The van der Waals surface area contributed by atoms with Crippen LogP contribution in [0.3, 0.4) is 0 Å². The van der Waals surface area contributed by atoms with Gasteiger partial charge in [0.15, 0.2) is 0 Å². The van der Waals surface area contributed by atoms with Crippen LogP contribution >= 0.6 is 0 Å². The highest BCUT2D eigenvalue weighted by Crippen LogP contribution is 2.37. The van der Waals surface area contributed by atoms with Gasteiger partial charge in [-0.05, 0) is 38.0 Å².